The van der Waals surface area contributed by atoms with Crippen molar-refractivity contribution in [1.82, 2.24) is 14.8 Å². The Kier molecular flexibility index (Phi) is 7.42. The van der Waals surface area contributed by atoms with Gasteiger partial charge in [0.15, 0.2) is 5.11 Å². The number of benzene rings is 2. The Bertz CT molecular complexity index is 1180. The first-order valence-electron chi connectivity index (χ1n) is 11.5. The van der Waals surface area contributed by atoms with E-state index in [4.69, 9.17) is 17.0 Å². The largest absolute Gasteiger partial charge is 0.379 e. The number of H-pyrrole nitrogens is 1. The molecular formula is C26H32N4O2S. The smallest absolute Gasteiger partial charge is 0.253 e. The van der Waals surface area contributed by atoms with E-state index in [9.17, 15) is 4.79 Å². The van der Waals surface area contributed by atoms with Crippen LogP contribution in [0.25, 0.3) is 10.9 Å². The molecule has 2 heterocycles. The van der Waals surface area contributed by atoms with Crippen molar-refractivity contribution in [2.24, 2.45) is 0 Å². The van der Waals surface area contributed by atoms with Gasteiger partial charge in [-0.05, 0) is 67.7 Å². The average molecular weight is 465 g/mol. The molecule has 33 heavy (non-hydrogen) atoms. The highest BCUT2D eigenvalue weighted by molar-refractivity contribution is 7.80. The third-order valence-electron chi connectivity index (χ3n) is 6.37. The van der Waals surface area contributed by atoms with Gasteiger partial charge in [0.2, 0.25) is 0 Å². The molecule has 0 saturated carbocycles. The molecule has 0 aliphatic carbocycles. The van der Waals surface area contributed by atoms with Gasteiger partial charge in [0.05, 0.1) is 25.3 Å². The number of fused-ring (bicyclic) bond motifs is 1. The Labute approximate surface area is 200 Å². The van der Waals surface area contributed by atoms with Crippen LogP contribution in [0, 0.1) is 20.8 Å². The van der Waals surface area contributed by atoms with Crippen LogP contribution < -0.4 is 10.9 Å². The van der Waals surface area contributed by atoms with Crippen molar-refractivity contribution in [3.63, 3.8) is 0 Å². The summed E-state index contributed by atoms with van der Waals surface area (Å²) in [6.45, 7) is 11.6. The Morgan fingerprint density at radius 1 is 1.12 bits per heavy atom. The van der Waals surface area contributed by atoms with Crippen LogP contribution in [0.15, 0.2) is 47.3 Å². The van der Waals surface area contributed by atoms with Gasteiger partial charge in [-0.25, -0.2) is 0 Å². The molecule has 3 aromatic rings. The summed E-state index contributed by atoms with van der Waals surface area (Å²) < 4.78 is 5.47. The molecule has 0 amide bonds. The van der Waals surface area contributed by atoms with Gasteiger partial charge in [0.1, 0.15) is 0 Å². The summed E-state index contributed by atoms with van der Waals surface area (Å²) in [5.41, 5.74) is 5.97. The number of hydrogen-bond acceptors (Lipinski definition) is 4. The second kappa shape index (κ2) is 10.5. The monoisotopic (exact) mass is 464 g/mol. The Balaban J connectivity index is 1.57. The molecule has 1 aromatic heterocycles. The van der Waals surface area contributed by atoms with E-state index in [-0.39, 0.29) is 5.56 Å². The van der Waals surface area contributed by atoms with Crippen LogP contribution in [0.2, 0.25) is 0 Å². The zero-order valence-corrected chi connectivity index (χ0v) is 20.4. The van der Waals surface area contributed by atoms with Crippen LogP contribution in [-0.2, 0) is 11.3 Å². The van der Waals surface area contributed by atoms with Crippen molar-refractivity contribution in [1.29, 1.82) is 0 Å². The van der Waals surface area contributed by atoms with Crippen molar-refractivity contribution in [2.75, 3.05) is 44.7 Å². The lowest BCUT2D eigenvalue weighted by atomic mass is 10.0. The minimum atomic E-state index is -0.0642. The predicted octanol–water partition coefficient (Wildman–Crippen LogP) is 3.98. The first-order chi connectivity index (χ1) is 15.9. The topological polar surface area (TPSA) is 60.6 Å². The molecule has 174 valence electrons. The highest BCUT2D eigenvalue weighted by Crippen LogP contribution is 2.20. The van der Waals surface area contributed by atoms with Crippen molar-refractivity contribution in [2.45, 2.75) is 27.3 Å². The molecule has 6 nitrogen and oxygen atoms in total. The molecular weight excluding hydrogens is 432 g/mol. The first kappa shape index (κ1) is 23.4. The molecule has 2 N–H and O–H groups in total. The summed E-state index contributed by atoms with van der Waals surface area (Å²) in [5.74, 6) is 0. The maximum atomic E-state index is 13.0. The summed E-state index contributed by atoms with van der Waals surface area (Å²) in [6, 6.07) is 14.3. The second-order valence-corrected chi connectivity index (χ2v) is 9.15. The van der Waals surface area contributed by atoms with E-state index in [1.807, 2.05) is 25.1 Å². The quantitative estimate of drug-likeness (QED) is 0.538. The predicted molar refractivity (Wildman–Crippen MR) is 139 cm³/mol. The van der Waals surface area contributed by atoms with Crippen LogP contribution in [-0.4, -0.2) is 59.3 Å². The Hall–Kier alpha value is -2.74. The summed E-state index contributed by atoms with van der Waals surface area (Å²) in [4.78, 5) is 20.5. The lowest BCUT2D eigenvalue weighted by Crippen LogP contribution is -2.44. The number of aryl methyl sites for hydroxylation is 3. The number of rotatable bonds is 6. The summed E-state index contributed by atoms with van der Waals surface area (Å²) in [6.07, 6.45) is 0. The maximum absolute atomic E-state index is 13.0. The first-order valence-corrected chi connectivity index (χ1v) is 11.9. The number of aromatic nitrogens is 1. The molecule has 1 saturated heterocycles. The highest BCUT2D eigenvalue weighted by Gasteiger charge is 2.17. The zero-order valence-electron chi connectivity index (χ0n) is 19.6. The number of ether oxygens (including phenoxy) is 1. The molecule has 2 aromatic carbocycles. The van der Waals surface area contributed by atoms with Gasteiger partial charge in [0, 0.05) is 37.4 Å². The SMILES string of the molecule is Cc1ccc(NC(=S)N(CCN2CCOCC2)Cc2cc3ccc(C)c(C)c3[nH]c2=O)cc1. The molecule has 0 unspecified atom stereocenters. The number of pyridine rings is 1. The summed E-state index contributed by atoms with van der Waals surface area (Å²) in [5, 5.41) is 5.01. The molecule has 0 radical (unpaired) electrons. The minimum Gasteiger partial charge on any atom is -0.379 e. The third kappa shape index (κ3) is 5.79. The van der Waals surface area contributed by atoms with E-state index < -0.39 is 0 Å². The van der Waals surface area contributed by atoms with Crippen LogP contribution >= 0.6 is 12.2 Å². The summed E-state index contributed by atoms with van der Waals surface area (Å²) >= 11 is 5.79. The molecule has 4 rings (SSSR count). The number of hydrogen-bond donors (Lipinski definition) is 2. The van der Waals surface area contributed by atoms with Gasteiger partial charge in [0.25, 0.3) is 5.56 Å². The van der Waals surface area contributed by atoms with Gasteiger partial charge in [-0.3, -0.25) is 9.69 Å². The number of nitrogens with zero attached hydrogens (tertiary/aromatic N) is 2. The molecule has 1 aliphatic rings. The van der Waals surface area contributed by atoms with Crippen LogP contribution in [0.5, 0.6) is 0 Å². The van der Waals surface area contributed by atoms with E-state index in [2.05, 4.69) is 58.2 Å². The Morgan fingerprint density at radius 3 is 2.58 bits per heavy atom. The number of morpholine rings is 1. The molecule has 0 spiro atoms. The second-order valence-electron chi connectivity index (χ2n) is 8.77. The zero-order chi connectivity index (χ0) is 23.4. The van der Waals surface area contributed by atoms with Crippen LogP contribution in [0.1, 0.15) is 22.3 Å². The number of thiocarbonyl (C=S) groups is 1. The van der Waals surface area contributed by atoms with E-state index in [0.29, 0.717) is 17.2 Å². The number of aromatic amines is 1. The van der Waals surface area contributed by atoms with E-state index in [1.165, 1.54) is 11.1 Å². The molecule has 7 heteroatoms. The number of anilines is 1. The van der Waals surface area contributed by atoms with Gasteiger partial charge < -0.3 is 19.9 Å². The van der Waals surface area contributed by atoms with Crippen LogP contribution in [0.3, 0.4) is 0 Å². The molecule has 1 aliphatic heterocycles. The third-order valence-corrected chi connectivity index (χ3v) is 6.73. The van der Waals surface area contributed by atoms with E-state index in [1.54, 1.807) is 0 Å². The molecule has 1 fully saturated rings. The lowest BCUT2D eigenvalue weighted by molar-refractivity contribution is 0.0358. The van der Waals surface area contributed by atoms with Crippen molar-refractivity contribution in [3.05, 3.63) is 75.1 Å². The van der Waals surface area contributed by atoms with E-state index in [0.717, 1.165) is 61.5 Å². The van der Waals surface area contributed by atoms with Gasteiger partial charge in [-0.15, -0.1) is 0 Å². The molecule has 0 atom stereocenters. The van der Waals surface area contributed by atoms with Crippen molar-refractivity contribution < 1.29 is 4.74 Å². The average Bonchev–Trinajstić information content (AvgIpc) is 2.82. The minimum absolute atomic E-state index is 0.0642. The van der Waals surface area contributed by atoms with E-state index >= 15 is 0 Å². The van der Waals surface area contributed by atoms with Gasteiger partial charge in [-0.1, -0.05) is 29.8 Å². The molecule has 0 bridgehead atoms. The highest BCUT2D eigenvalue weighted by atomic mass is 32.1. The fourth-order valence-corrected chi connectivity index (χ4v) is 4.35. The number of nitrogens with one attached hydrogen (secondary N) is 2. The van der Waals surface area contributed by atoms with Crippen molar-refractivity contribution >= 4 is 33.9 Å². The fourth-order valence-electron chi connectivity index (χ4n) is 4.07. The lowest BCUT2D eigenvalue weighted by Gasteiger charge is -2.31. The normalized spacial score (nSPS) is 14.4. The fraction of sp³-hybridized carbons (Fsp3) is 0.385. The Morgan fingerprint density at radius 2 is 1.85 bits per heavy atom. The maximum Gasteiger partial charge on any atom is 0.253 e. The van der Waals surface area contributed by atoms with Crippen molar-refractivity contribution in [3.8, 4) is 0 Å². The van der Waals surface area contributed by atoms with Crippen LogP contribution in [0.4, 0.5) is 5.69 Å². The standard InChI is InChI=1S/C26H32N4O2S/c1-18-4-8-23(9-5-18)27-26(33)30(11-10-29-12-14-32-15-13-29)17-22-16-21-7-6-19(2)20(3)24(21)28-25(22)31/h4-9,16H,10-15,17H2,1-3H3,(H,27,33)(H,28,31). The van der Waals surface area contributed by atoms with Gasteiger partial charge in [-0.2, -0.15) is 0 Å². The summed E-state index contributed by atoms with van der Waals surface area (Å²) in [7, 11) is 0. The van der Waals surface area contributed by atoms with Gasteiger partial charge >= 0.3 is 0 Å².